The lowest BCUT2D eigenvalue weighted by molar-refractivity contribution is 0.396. The van der Waals surface area contributed by atoms with Gasteiger partial charge in [-0.3, -0.25) is 0 Å². The van der Waals surface area contributed by atoms with Gasteiger partial charge in [0.2, 0.25) is 11.8 Å². The van der Waals surface area contributed by atoms with Gasteiger partial charge in [-0.1, -0.05) is 0 Å². The molecule has 6 nitrogen and oxygen atoms in total. The molecule has 0 bridgehead atoms. The Balaban J connectivity index is 1.77. The van der Waals surface area contributed by atoms with E-state index in [0.29, 0.717) is 29.0 Å². The van der Waals surface area contributed by atoms with Gasteiger partial charge in [0.15, 0.2) is 5.11 Å². The maximum absolute atomic E-state index is 5.32. The molecule has 2 fully saturated rings. The lowest BCUT2D eigenvalue weighted by Crippen LogP contribution is -2.38. The lowest BCUT2D eigenvalue weighted by atomic mass is 10.0. The van der Waals surface area contributed by atoms with Crippen LogP contribution in [0.3, 0.4) is 0 Å². The predicted octanol–water partition coefficient (Wildman–Crippen LogP) is 2.31. The molecular weight excluding hydrogens is 298 g/mol. The molecule has 1 saturated heterocycles. The molecule has 2 N–H and O–H groups in total. The summed E-state index contributed by atoms with van der Waals surface area (Å²) in [7, 11) is 1.62. The highest BCUT2D eigenvalue weighted by Gasteiger charge is 2.23. The molecule has 1 aromatic rings. The summed E-state index contributed by atoms with van der Waals surface area (Å²) in [6, 6.07) is 2.88. The quantitative estimate of drug-likeness (QED) is 0.825. The zero-order valence-electron chi connectivity index (χ0n) is 13.1. The van der Waals surface area contributed by atoms with Gasteiger partial charge < -0.3 is 20.3 Å². The average molecular weight is 321 g/mol. The van der Waals surface area contributed by atoms with Crippen molar-refractivity contribution >= 4 is 29.1 Å². The lowest BCUT2D eigenvalue weighted by Gasteiger charge is -2.34. The van der Waals surface area contributed by atoms with Gasteiger partial charge in [-0.05, 0) is 51.2 Å². The van der Waals surface area contributed by atoms with E-state index in [2.05, 4.69) is 32.4 Å². The van der Waals surface area contributed by atoms with E-state index >= 15 is 0 Å². The maximum atomic E-state index is 5.32. The molecule has 1 atom stereocenters. The number of thiocarbonyl (C=S) groups is 1. The van der Waals surface area contributed by atoms with Gasteiger partial charge in [-0.15, -0.1) is 0 Å². The van der Waals surface area contributed by atoms with Crippen LogP contribution >= 0.6 is 12.2 Å². The second kappa shape index (κ2) is 6.64. The summed E-state index contributed by atoms with van der Waals surface area (Å²) in [4.78, 5) is 11.3. The first-order valence-electron chi connectivity index (χ1n) is 7.93. The largest absolute Gasteiger partial charge is 0.481 e. The van der Waals surface area contributed by atoms with Crippen molar-refractivity contribution in [1.82, 2.24) is 15.3 Å². The fourth-order valence-electron chi connectivity index (χ4n) is 2.71. The van der Waals surface area contributed by atoms with Crippen LogP contribution in [0.15, 0.2) is 6.07 Å². The minimum absolute atomic E-state index is 0.484. The van der Waals surface area contributed by atoms with Gasteiger partial charge in [0.1, 0.15) is 5.82 Å². The third-order valence-electron chi connectivity index (χ3n) is 4.13. The molecule has 2 heterocycles. The molecule has 0 spiro atoms. The van der Waals surface area contributed by atoms with Crippen LogP contribution in [0, 0.1) is 0 Å². The third-order valence-corrected chi connectivity index (χ3v) is 4.35. The molecule has 7 heteroatoms. The Morgan fingerprint density at radius 2 is 2.14 bits per heavy atom. The van der Waals surface area contributed by atoms with Crippen molar-refractivity contribution in [3.8, 4) is 5.88 Å². The molecule has 1 saturated carbocycles. The van der Waals surface area contributed by atoms with E-state index in [1.54, 1.807) is 7.11 Å². The molecular formula is C15H23N5OS. The predicted molar refractivity (Wildman–Crippen MR) is 91.6 cm³/mol. The van der Waals surface area contributed by atoms with E-state index in [0.717, 1.165) is 12.4 Å². The van der Waals surface area contributed by atoms with Gasteiger partial charge >= 0.3 is 0 Å². The SMILES string of the molecule is COc1cc(N2CCCCC2C)nc(NC(=S)NC2CC2)n1. The van der Waals surface area contributed by atoms with Crippen molar-refractivity contribution < 1.29 is 4.74 Å². The Bertz CT molecular complexity index is 549. The van der Waals surface area contributed by atoms with Crippen LogP contribution in [0.4, 0.5) is 11.8 Å². The highest BCUT2D eigenvalue weighted by Crippen LogP contribution is 2.26. The maximum Gasteiger partial charge on any atom is 0.234 e. The normalized spacial score (nSPS) is 21.4. The van der Waals surface area contributed by atoms with Crippen molar-refractivity contribution in [1.29, 1.82) is 0 Å². The summed E-state index contributed by atoms with van der Waals surface area (Å²) in [6.45, 7) is 3.26. The summed E-state index contributed by atoms with van der Waals surface area (Å²) < 4.78 is 5.32. The minimum atomic E-state index is 0.484. The third kappa shape index (κ3) is 3.76. The molecule has 120 valence electrons. The van der Waals surface area contributed by atoms with Gasteiger partial charge in [0, 0.05) is 24.7 Å². The number of ether oxygens (including phenoxy) is 1. The fraction of sp³-hybridized carbons (Fsp3) is 0.667. The first-order chi connectivity index (χ1) is 10.7. The molecule has 1 aliphatic carbocycles. The summed E-state index contributed by atoms with van der Waals surface area (Å²) in [6.07, 6.45) is 6.02. The Morgan fingerprint density at radius 1 is 1.32 bits per heavy atom. The Morgan fingerprint density at radius 3 is 2.82 bits per heavy atom. The second-order valence-corrected chi connectivity index (χ2v) is 6.41. The van der Waals surface area contributed by atoms with Gasteiger partial charge in [0.05, 0.1) is 7.11 Å². The first kappa shape index (κ1) is 15.3. The number of nitrogens with one attached hydrogen (secondary N) is 2. The van der Waals surface area contributed by atoms with Gasteiger partial charge in [-0.2, -0.15) is 9.97 Å². The zero-order valence-corrected chi connectivity index (χ0v) is 13.9. The Kier molecular flexibility index (Phi) is 4.61. The Hall–Kier alpha value is -1.63. The van der Waals surface area contributed by atoms with Crippen LogP contribution in [0.5, 0.6) is 5.88 Å². The molecule has 0 radical (unpaired) electrons. The van der Waals surface area contributed by atoms with Crippen LogP contribution < -0.4 is 20.3 Å². The van der Waals surface area contributed by atoms with E-state index in [-0.39, 0.29) is 0 Å². The summed E-state index contributed by atoms with van der Waals surface area (Å²) in [5.41, 5.74) is 0. The standard InChI is InChI=1S/C15H23N5OS/c1-10-5-3-4-8-20(10)12-9-13(21-2)18-14(17-12)19-15(22)16-11-6-7-11/h9-11H,3-8H2,1-2H3,(H2,16,17,18,19,22). The van der Waals surface area contributed by atoms with E-state index in [9.17, 15) is 0 Å². The smallest absolute Gasteiger partial charge is 0.234 e. The highest BCUT2D eigenvalue weighted by atomic mass is 32.1. The number of piperidine rings is 1. The summed E-state index contributed by atoms with van der Waals surface area (Å²) >= 11 is 5.30. The Labute approximate surface area is 136 Å². The average Bonchev–Trinajstić information content (AvgIpc) is 3.31. The molecule has 1 aromatic heterocycles. The number of hydrogen-bond acceptors (Lipinski definition) is 5. The van der Waals surface area contributed by atoms with Crippen molar-refractivity contribution in [2.75, 3.05) is 23.9 Å². The van der Waals surface area contributed by atoms with Crippen LogP contribution in [0.25, 0.3) is 0 Å². The minimum Gasteiger partial charge on any atom is -0.481 e. The monoisotopic (exact) mass is 321 g/mol. The summed E-state index contributed by atoms with van der Waals surface area (Å²) in [5.74, 6) is 1.94. The number of methoxy groups -OCH3 is 1. The first-order valence-corrected chi connectivity index (χ1v) is 8.34. The topological polar surface area (TPSA) is 62.3 Å². The van der Waals surface area contributed by atoms with Crippen molar-refractivity contribution in [3.63, 3.8) is 0 Å². The van der Waals surface area contributed by atoms with Crippen LogP contribution in [-0.4, -0.2) is 40.8 Å². The van der Waals surface area contributed by atoms with Crippen molar-refractivity contribution in [2.24, 2.45) is 0 Å². The van der Waals surface area contributed by atoms with E-state index < -0.39 is 0 Å². The van der Waals surface area contributed by atoms with Crippen molar-refractivity contribution in [2.45, 2.75) is 51.1 Å². The summed E-state index contributed by atoms with van der Waals surface area (Å²) in [5, 5.41) is 6.88. The molecule has 2 aliphatic rings. The fourth-order valence-corrected chi connectivity index (χ4v) is 2.97. The number of rotatable bonds is 4. The van der Waals surface area contributed by atoms with E-state index in [1.165, 1.54) is 32.1 Å². The molecule has 3 rings (SSSR count). The molecule has 0 amide bonds. The molecule has 22 heavy (non-hydrogen) atoms. The number of nitrogens with zero attached hydrogens (tertiary/aromatic N) is 3. The highest BCUT2D eigenvalue weighted by molar-refractivity contribution is 7.80. The second-order valence-electron chi connectivity index (χ2n) is 6.00. The van der Waals surface area contributed by atoms with Crippen molar-refractivity contribution in [3.05, 3.63) is 6.07 Å². The molecule has 1 unspecified atom stereocenters. The van der Waals surface area contributed by atoms with E-state index in [1.807, 2.05) is 6.07 Å². The molecule has 0 aromatic carbocycles. The van der Waals surface area contributed by atoms with Crippen LogP contribution in [0.1, 0.15) is 39.0 Å². The number of aromatic nitrogens is 2. The van der Waals surface area contributed by atoms with Crippen LogP contribution in [0.2, 0.25) is 0 Å². The number of anilines is 2. The van der Waals surface area contributed by atoms with Gasteiger partial charge in [-0.25, -0.2) is 0 Å². The number of hydrogen-bond donors (Lipinski definition) is 2. The zero-order chi connectivity index (χ0) is 15.5. The van der Waals surface area contributed by atoms with Crippen LogP contribution in [-0.2, 0) is 0 Å². The molecule has 1 aliphatic heterocycles. The van der Waals surface area contributed by atoms with E-state index in [4.69, 9.17) is 17.0 Å². The van der Waals surface area contributed by atoms with Gasteiger partial charge in [0.25, 0.3) is 0 Å².